The van der Waals surface area contributed by atoms with E-state index >= 15 is 0 Å². The van der Waals surface area contributed by atoms with Gasteiger partial charge in [0.15, 0.2) is 0 Å². The van der Waals surface area contributed by atoms with Crippen LogP contribution in [0.25, 0.3) is 0 Å². The first-order chi connectivity index (χ1) is 9.88. The highest BCUT2D eigenvalue weighted by atomic mass is 32.1. The first-order valence-corrected chi connectivity index (χ1v) is 6.59. The largest absolute Gasteiger partial charge is 0.468 e. The van der Waals surface area contributed by atoms with Gasteiger partial charge in [-0.05, 0) is 24.6 Å². The van der Waals surface area contributed by atoms with Crippen LogP contribution >= 0.6 is 12.2 Å². The minimum atomic E-state index is -0.478. The van der Waals surface area contributed by atoms with Crippen LogP contribution in [-0.2, 0) is 19.1 Å². The smallest absolute Gasteiger partial charge is 0.325 e. The summed E-state index contributed by atoms with van der Waals surface area (Å²) >= 11 is 5.01. The van der Waals surface area contributed by atoms with E-state index in [9.17, 15) is 9.59 Å². The van der Waals surface area contributed by atoms with Crippen molar-refractivity contribution in [2.45, 2.75) is 6.92 Å². The van der Waals surface area contributed by atoms with E-state index in [2.05, 4.69) is 9.47 Å². The first kappa shape index (κ1) is 16.9. The molecular formula is C14H18N2O4S. The van der Waals surface area contributed by atoms with Gasteiger partial charge in [-0.15, -0.1) is 0 Å². The zero-order chi connectivity index (χ0) is 16.0. The van der Waals surface area contributed by atoms with Crippen molar-refractivity contribution in [3.05, 3.63) is 29.3 Å². The zero-order valence-electron chi connectivity index (χ0n) is 12.2. The van der Waals surface area contributed by atoms with E-state index < -0.39 is 11.9 Å². The van der Waals surface area contributed by atoms with E-state index in [0.717, 1.165) is 5.56 Å². The summed E-state index contributed by atoms with van der Waals surface area (Å²) in [6.45, 7) is 1.68. The molecule has 0 fully saturated rings. The lowest BCUT2D eigenvalue weighted by molar-refractivity contribution is -0.140. The van der Waals surface area contributed by atoms with Gasteiger partial charge < -0.3 is 20.1 Å². The van der Waals surface area contributed by atoms with Crippen molar-refractivity contribution in [2.75, 3.05) is 32.2 Å². The molecule has 1 aromatic rings. The van der Waals surface area contributed by atoms with Gasteiger partial charge in [-0.1, -0.05) is 18.3 Å². The molecule has 0 aromatic heterocycles. The molecule has 6 nitrogen and oxygen atoms in total. The normalized spacial score (nSPS) is 9.86. The second-order valence-corrected chi connectivity index (χ2v) is 4.83. The Hall–Kier alpha value is -2.15. The van der Waals surface area contributed by atoms with Crippen LogP contribution in [0.5, 0.6) is 0 Å². The number of nitrogens with two attached hydrogens (primary N) is 1. The summed E-state index contributed by atoms with van der Waals surface area (Å²) in [5, 5.41) is 0. The fourth-order valence-corrected chi connectivity index (χ4v) is 1.95. The molecule has 2 N–H and O–H groups in total. The molecule has 21 heavy (non-hydrogen) atoms. The maximum Gasteiger partial charge on any atom is 0.325 e. The molecule has 0 aliphatic rings. The molecule has 0 bridgehead atoms. The average molecular weight is 310 g/mol. The summed E-state index contributed by atoms with van der Waals surface area (Å²) < 4.78 is 9.30. The van der Waals surface area contributed by atoms with Gasteiger partial charge in [-0.3, -0.25) is 9.59 Å². The molecule has 0 amide bonds. The van der Waals surface area contributed by atoms with Crippen molar-refractivity contribution < 1.29 is 19.1 Å². The number of anilines is 1. The maximum atomic E-state index is 11.6. The summed E-state index contributed by atoms with van der Waals surface area (Å²) in [6.07, 6.45) is 0. The number of hydrogen-bond acceptors (Lipinski definition) is 6. The van der Waals surface area contributed by atoms with Crippen molar-refractivity contribution in [3.63, 3.8) is 0 Å². The summed E-state index contributed by atoms with van der Waals surface area (Å²) in [6, 6.07) is 5.42. The van der Waals surface area contributed by atoms with Crippen molar-refractivity contribution >= 4 is 34.8 Å². The van der Waals surface area contributed by atoms with Gasteiger partial charge in [0, 0.05) is 11.3 Å². The van der Waals surface area contributed by atoms with E-state index in [1.54, 1.807) is 12.1 Å². The maximum absolute atomic E-state index is 11.6. The molecule has 0 aliphatic carbocycles. The van der Waals surface area contributed by atoms with Gasteiger partial charge >= 0.3 is 11.9 Å². The quantitative estimate of drug-likeness (QED) is 0.614. The minimum absolute atomic E-state index is 0.106. The number of ether oxygens (including phenoxy) is 2. The standard InChI is InChI=1S/C14H18N2O4S/c1-9-4-5-10(14(15)21)11(6-9)16(7-12(17)19-2)8-13(18)20-3/h4-6H,7-8H2,1-3H3,(H2,15,21). The number of hydrogen-bond donors (Lipinski definition) is 1. The number of esters is 2. The lowest BCUT2D eigenvalue weighted by Gasteiger charge is -2.25. The van der Waals surface area contributed by atoms with Crippen molar-refractivity contribution in [2.24, 2.45) is 5.73 Å². The van der Waals surface area contributed by atoms with Gasteiger partial charge in [0.05, 0.1) is 14.2 Å². The van der Waals surface area contributed by atoms with Crippen LogP contribution in [0.3, 0.4) is 0 Å². The lowest BCUT2D eigenvalue weighted by Crippen LogP contribution is -2.37. The first-order valence-electron chi connectivity index (χ1n) is 6.18. The van der Waals surface area contributed by atoms with Crippen molar-refractivity contribution in [1.29, 1.82) is 0 Å². The Morgan fingerprint density at radius 3 is 2.14 bits per heavy atom. The van der Waals surface area contributed by atoms with E-state index in [1.807, 2.05) is 13.0 Å². The second-order valence-electron chi connectivity index (χ2n) is 4.39. The van der Waals surface area contributed by atoms with E-state index in [0.29, 0.717) is 11.3 Å². The number of carbonyl (C=O) groups is 2. The molecule has 0 unspecified atom stereocenters. The Morgan fingerprint density at radius 2 is 1.71 bits per heavy atom. The number of methoxy groups -OCH3 is 2. The highest BCUT2D eigenvalue weighted by Crippen LogP contribution is 2.22. The highest BCUT2D eigenvalue weighted by Gasteiger charge is 2.20. The fourth-order valence-electron chi connectivity index (χ4n) is 1.78. The Balaban J connectivity index is 3.23. The Kier molecular flexibility index (Phi) is 6.10. The number of carbonyl (C=O) groups excluding carboxylic acids is 2. The topological polar surface area (TPSA) is 81.9 Å². The Bertz CT molecular complexity index is 542. The molecule has 114 valence electrons. The molecule has 1 aromatic carbocycles. The van der Waals surface area contributed by atoms with Crippen LogP contribution < -0.4 is 10.6 Å². The third kappa shape index (κ3) is 4.71. The Labute approximate surface area is 128 Å². The summed E-state index contributed by atoms with van der Waals surface area (Å²) in [5.74, 6) is -0.955. The number of nitrogens with zero attached hydrogens (tertiary/aromatic N) is 1. The van der Waals surface area contributed by atoms with E-state index in [1.165, 1.54) is 19.1 Å². The number of aryl methyl sites for hydroxylation is 1. The molecule has 0 atom stereocenters. The lowest BCUT2D eigenvalue weighted by atomic mass is 10.1. The molecule has 0 saturated carbocycles. The van der Waals surface area contributed by atoms with Crippen LogP contribution in [0.4, 0.5) is 5.69 Å². The molecule has 0 aliphatic heterocycles. The predicted octanol–water partition coefficient (Wildman–Crippen LogP) is 0.782. The molecule has 1 rings (SSSR count). The van der Waals surface area contributed by atoms with Crippen LogP contribution in [0.15, 0.2) is 18.2 Å². The molecule has 7 heteroatoms. The van der Waals surface area contributed by atoms with Gasteiger partial charge in [0.25, 0.3) is 0 Å². The summed E-state index contributed by atoms with van der Waals surface area (Å²) in [4.78, 5) is 24.8. The third-order valence-electron chi connectivity index (χ3n) is 2.85. The van der Waals surface area contributed by atoms with Crippen LogP contribution in [0, 0.1) is 6.92 Å². The molecule has 0 radical (unpaired) electrons. The van der Waals surface area contributed by atoms with Gasteiger partial charge in [0.1, 0.15) is 18.1 Å². The summed E-state index contributed by atoms with van der Waals surface area (Å²) in [7, 11) is 2.56. The monoisotopic (exact) mass is 310 g/mol. The number of benzene rings is 1. The predicted molar refractivity (Wildman–Crippen MR) is 83.3 cm³/mol. The summed E-state index contributed by atoms with van der Waals surface area (Å²) in [5.41, 5.74) is 7.83. The van der Waals surface area contributed by atoms with Crippen molar-refractivity contribution in [3.8, 4) is 0 Å². The molecular weight excluding hydrogens is 292 g/mol. The van der Waals surface area contributed by atoms with Gasteiger partial charge in [0.2, 0.25) is 0 Å². The van der Waals surface area contributed by atoms with Crippen LogP contribution in [-0.4, -0.2) is 44.2 Å². The Morgan fingerprint density at radius 1 is 1.19 bits per heavy atom. The van der Waals surface area contributed by atoms with Gasteiger partial charge in [-0.25, -0.2) is 0 Å². The van der Waals surface area contributed by atoms with Gasteiger partial charge in [-0.2, -0.15) is 0 Å². The SMILES string of the molecule is COC(=O)CN(CC(=O)OC)c1cc(C)ccc1C(N)=S. The molecule has 0 saturated heterocycles. The van der Waals surface area contributed by atoms with Crippen LogP contribution in [0.1, 0.15) is 11.1 Å². The van der Waals surface area contributed by atoms with E-state index in [-0.39, 0.29) is 18.1 Å². The van der Waals surface area contributed by atoms with Crippen LogP contribution in [0.2, 0.25) is 0 Å². The van der Waals surface area contributed by atoms with Crippen molar-refractivity contribution in [1.82, 2.24) is 0 Å². The molecule has 0 heterocycles. The second kappa shape index (κ2) is 7.58. The average Bonchev–Trinajstić information content (AvgIpc) is 2.45. The fraction of sp³-hybridized carbons (Fsp3) is 0.357. The third-order valence-corrected chi connectivity index (χ3v) is 3.07. The zero-order valence-corrected chi connectivity index (χ0v) is 13.0. The number of thiocarbonyl (C=S) groups is 1. The molecule has 0 spiro atoms. The highest BCUT2D eigenvalue weighted by molar-refractivity contribution is 7.80. The number of rotatable bonds is 6. The van der Waals surface area contributed by atoms with E-state index in [4.69, 9.17) is 18.0 Å². The minimum Gasteiger partial charge on any atom is -0.468 e.